The lowest BCUT2D eigenvalue weighted by Crippen LogP contribution is -2.37. The summed E-state index contributed by atoms with van der Waals surface area (Å²) in [6.45, 7) is 0.403. The van der Waals surface area contributed by atoms with Crippen LogP contribution in [0.3, 0.4) is 0 Å². The van der Waals surface area contributed by atoms with Gasteiger partial charge in [0.25, 0.3) is 0 Å². The summed E-state index contributed by atoms with van der Waals surface area (Å²) in [6, 6.07) is 5.01. The van der Waals surface area contributed by atoms with Gasteiger partial charge in [-0.15, -0.1) is 0 Å². The Morgan fingerprint density at radius 2 is 2.05 bits per heavy atom. The summed E-state index contributed by atoms with van der Waals surface area (Å²) in [4.78, 5) is 10.9. The van der Waals surface area contributed by atoms with Gasteiger partial charge in [-0.2, -0.15) is 0 Å². The number of benzene rings is 1. The second-order valence-corrected chi connectivity index (χ2v) is 4.63. The van der Waals surface area contributed by atoms with E-state index < -0.39 is 6.10 Å². The first-order chi connectivity index (χ1) is 9.04. The Kier molecular flexibility index (Phi) is 6.94. The first kappa shape index (κ1) is 16.0. The zero-order chi connectivity index (χ0) is 14.3. The number of hydrogen-bond donors (Lipinski definition) is 3. The second kappa shape index (κ2) is 8.22. The number of nitrogens with one attached hydrogen (secondary N) is 2. The quantitative estimate of drug-likeness (QED) is 0.705. The number of aliphatic hydroxyl groups is 1. The molecular formula is C12H16Cl2N2O3. The number of ether oxygens (including phenoxy) is 1. The van der Waals surface area contributed by atoms with Crippen molar-refractivity contribution in [3.8, 4) is 5.75 Å². The molecular weight excluding hydrogens is 291 g/mol. The van der Waals surface area contributed by atoms with Gasteiger partial charge in [-0.05, 0) is 12.1 Å². The lowest BCUT2D eigenvalue weighted by Gasteiger charge is -2.14. The molecule has 1 aromatic rings. The van der Waals surface area contributed by atoms with Crippen molar-refractivity contribution in [3.63, 3.8) is 0 Å². The molecule has 1 aromatic carbocycles. The zero-order valence-corrected chi connectivity index (χ0v) is 12.0. The average molecular weight is 307 g/mol. The van der Waals surface area contributed by atoms with E-state index in [1.54, 1.807) is 25.2 Å². The average Bonchev–Trinajstić information content (AvgIpc) is 2.38. The van der Waals surface area contributed by atoms with E-state index in [-0.39, 0.29) is 25.6 Å². The van der Waals surface area contributed by atoms with Crippen LogP contribution in [-0.2, 0) is 4.79 Å². The summed E-state index contributed by atoms with van der Waals surface area (Å²) >= 11 is 11.8. The van der Waals surface area contributed by atoms with Gasteiger partial charge in [-0.1, -0.05) is 29.3 Å². The molecule has 0 saturated heterocycles. The van der Waals surface area contributed by atoms with E-state index in [1.807, 2.05) is 0 Å². The number of carbonyl (C=O) groups is 1. The maximum absolute atomic E-state index is 10.9. The molecule has 0 radical (unpaired) electrons. The van der Waals surface area contributed by atoms with Crippen LogP contribution in [0, 0.1) is 0 Å². The SMILES string of the molecule is CNC(=O)CNCC(O)COc1c(Cl)cccc1Cl. The van der Waals surface area contributed by atoms with E-state index in [2.05, 4.69) is 10.6 Å². The molecule has 1 unspecified atom stereocenters. The summed E-state index contributed by atoms with van der Waals surface area (Å²) in [6.07, 6.45) is -0.767. The monoisotopic (exact) mass is 306 g/mol. The number of aliphatic hydroxyl groups excluding tert-OH is 1. The molecule has 0 aliphatic carbocycles. The fourth-order valence-corrected chi connectivity index (χ4v) is 1.81. The van der Waals surface area contributed by atoms with Gasteiger partial charge in [-0.3, -0.25) is 4.79 Å². The number of hydrogen-bond acceptors (Lipinski definition) is 4. The van der Waals surface area contributed by atoms with Crippen LogP contribution in [0.2, 0.25) is 10.0 Å². The number of para-hydroxylation sites is 1. The molecule has 5 nitrogen and oxygen atoms in total. The van der Waals surface area contributed by atoms with Crippen molar-refractivity contribution in [1.82, 2.24) is 10.6 Å². The molecule has 0 aliphatic heterocycles. The van der Waals surface area contributed by atoms with Gasteiger partial charge in [0, 0.05) is 13.6 Å². The summed E-state index contributed by atoms with van der Waals surface area (Å²) in [5, 5.41) is 15.7. The minimum Gasteiger partial charge on any atom is -0.488 e. The molecule has 0 saturated carbocycles. The number of halogens is 2. The Morgan fingerprint density at radius 1 is 1.42 bits per heavy atom. The molecule has 7 heteroatoms. The van der Waals surface area contributed by atoms with Crippen LogP contribution >= 0.6 is 23.2 Å². The molecule has 0 bridgehead atoms. The van der Waals surface area contributed by atoms with Gasteiger partial charge in [0.2, 0.25) is 5.91 Å². The van der Waals surface area contributed by atoms with Gasteiger partial charge >= 0.3 is 0 Å². The van der Waals surface area contributed by atoms with Crippen molar-refractivity contribution in [2.45, 2.75) is 6.10 Å². The molecule has 19 heavy (non-hydrogen) atoms. The van der Waals surface area contributed by atoms with Crippen molar-refractivity contribution in [1.29, 1.82) is 0 Å². The summed E-state index contributed by atoms with van der Waals surface area (Å²) in [7, 11) is 1.54. The maximum Gasteiger partial charge on any atom is 0.233 e. The Balaban J connectivity index is 2.34. The molecule has 0 fully saturated rings. The highest BCUT2D eigenvalue weighted by atomic mass is 35.5. The van der Waals surface area contributed by atoms with Crippen molar-refractivity contribution >= 4 is 29.1 Å². The fourth-order valence-electron chi connectivity index (χ4n) is 1.30. The normalized spacial score (nSPS) is 12.0. The number of likely N-dealkylation sites (N-methyl/N-ethyl adjacent to an activating group) is 1. The van der Waals surface area contributed by atoms with Crippen molar-refractivity contribution < 1.29 is 14.6 Å². The molecule has 0 aromatic heterocycles. The molecule has 1 amide bonds. The molecule has 1 rings (SSSR count). The Bertz CT molecular complexity index is 409. The zero-order valence-electron chi connectivity index (χ0n) is 10.5. The standard InChI is InChI=1S/C12H16Cl2N2O3/c1-15-11(18)6-16-5-8(17)7-19-12-9(13)3-2-4-10(12)14/h2-4,8,16-17H,5-7H2,1H3,(H,15,18). The molecule has 1 atom stereocenters. The Morgan fingerprint density at radius 3 is 2.63 bits per heavy atom. The Labute approximate surface area is 121 Å². The molecule has 0 aliphatic rings. The van der Waals surface area contributed by atoms with Crippen molar-refractivity contribution in [2.75, 3.05) is 26.7 Å². The topological polar surface area (TPSA) is 70.6 Å². The van der Waals surface area contributed by atoms with Gasteiger partial charge in [0.15, 0.2) is 5.75 Å². The highest BCUT2D eigenvalue weighted by molar-refractivity contribution is 6.37. The summed E-state index contributed by atoms with van der Waals surface area (Å²) in [5.41, 5.74) is 0. The van der Waals surface area contributed by atoms with Crippen LogP contribution in [0.4, 0.5) is 0 Å². The molecule has 106 valence electrons. The van der Waals surface area contributed by atoms with E-state index in [4.69, 9.17) is 27.9 Å². The highest BCUT2D eigenvalue weighted by Gasteiger charge is 2.10. The van der Waals surface area contributed by atoms with E-state index in [0.29, 0.717) is 15.8 Å². The molecule has 0 heterocycles. The number of carbonyl (C=O) groups excluding carboxylic acids is 1. The third kappa shape index (κ3) is 5.65. The van der Waals surface area contributed by atoms with Crippen molar-refractivity contribution in [2.24, 2.45) is 0 Å². The lowest BCUT2D eigenvalue weighted by atomic mass is 10.3. The first-order valence-corrected chi connectivity index (χ1v) is 6.46. The third-order valence-electron chi connectivity index (χ3n) is 2.28. The predicted molar refractivity (Wildman–Crippen MR) is 74.9 cm³/mol. The van der Waals surface area contributed by atoms with Gasteiger partial charge < -0.3 is 20.5 Å². The van der Waals surface area contributed by atoms with Gasteiger partial charge in [-0.25, -0.2) is 0 Å². The van der Waals surface area contributed by atoms with Gasteiger partial charge in [0.05, 0.1) is 16.6 Å². The van der Waals surface area contributed by atoms with Crippen LogP contribution in [0.25, 0.3) is 0 Å². The van der Waals surface area contributed by atoms with Crippen LogP contribution in [0.1, 0.15) is 0 Å². The van der Waals surface area contributed by atoms with E-state index in [1.165, 1.54) is 0 Å². The predicted octanol–water partition coefficient (Wildman–Crippen LogP) is 1.07. The van der Waals surface area contributed by atoms with Crippen LogP contribution < -0.4 is 15.4 Å². The first-order valence-electron chi connectivity index (χ1n) is 5.70. The lowest BCUT2D eigenvalue weighted by molar-refractivity contribution is -0.119. The molecule has 3 N–H and O–H groups in total. The van der Waals surface area contributed by atoms with Crippen LogP contribution in [0.15, 0.2) is 18.2 Å². The summed E-state index contributed by atoms with van der Waals surface area (Å²) in [5.74, 6) is 0.193. The maximum atomic E-state index is 10.9. The van der Waals surface area contributed by atoms with Gasteiger partial charge in [0.1, 0.15) is 12.7 Å². The van der Waals surface area contributed by atoms with Crippen LogP contribution in [-0.4, -0.2) is 43.9 Å². The van der Waals surface area contributed by atoms with E-state index >= 15 is 0 Å². The number of amides is 1. The second-order valence-electron chi connectivity index (χ2n) is 3.82. The van der Waals surface area contributed by atoms with E-state index in [9.17, 15) is 9.90 Å². The van der Waals surface area contributed by atoms with Crippen LogP contribution in [0.5, 0.6) is 5.75 Å². The fraction of sp³-hybridized carbons (Fsp3) is 0.417. The van der Waals surface area contributed by atoms with Crippen molar-refractivity contribution in [3.05, 3.63) is 28.2 Å². The minimum absolute atomic E-state index is 0.0319. The third-order valence-corrected chi connectivity index (χ3v) is 2.88. The summed E-state index contributed by atoms with van der Waals surface area (Å²) < 4.78 is 5.36. The Hall–Kier alpha value is -1.01. The highest BCUT2D eigenvalue weighted by Crippen LogP contribution is 2.32. The number of rotatable bonds is 7. The molecule has 0 spiro atoms. The largest absolute Gasteiger partial charge is 0.488 e. The minimum atomic E-state index is -0.767. The van der Waals surface area contributed by atoms with E-state index in [0.717, 1.165) is 0 Å². The smallest absolute Gasteiger partial charge is 0.233 e.